The Kier molecular flexibility index (Phi) is 10.7. The maximum Gasteiger partial charge on any atom is 0.273 e. The summed E-state index contributed by atoms with van der Waals surface area (Å²) in [5.74, 6) is -0.791. The quantitative estimate of drug-likeness (QED) is 0.207. The van der Waals surface area contributed by atoms with Gasteiger partial charge < -0.3 is 29.6 Å². The highest BCUT2D eigenvalue weighted by Gasteiger charge is 2.48. The predicted molar refractivity (Wildman–Crippen MR) is 158 cm³/mol. The average molecular weight is 567 g/mol. The first kappa shape index (κ1) is 32.3. The number of halogens is 1. The van der Waals surface area contributed by atoms with Gasteiger partial charge in [0.15, 0.2) is 0 Å². The van der Waals surface area contributed by atoms with Crippen molar-refractivity contribution in [3.05, 3.63) is 64.5 Å². The maximum atomic E-state index is 15.6. The van der Waals surface area contributed by atoms with Crippen LogP contribution in [0.15, 0.2) is 36.4 Å². The summed E-state index contributed by atoms with van der Waals surface area (Å²) in [6.07, 6.45) is 0.684. The maximum absolute atomic E-state index is 15.6. The second kappa shape index (κ2) is 13.6. The molecule has 9 nitrogen and oxygen atoms in total. The third-order valence-corrected chi connectivity index (χ3v) is 7.59. The third kappa shape index (κ3) is 7.17. The molecule has 3 rings (SSSR count). The van der Waals surface area contributed by atoms with Crippen molar-refractivity contribution >= 4 is 34.3 Å². The van der Waals surface area contributed by atoms with Crippen LogP contribution in [0.5, 0.6) is 5.75 Å². The van der Waals surface area contributed by atoms with E-state index in [1.165, 1.54) is 7.05 Å². The molecular formula is C29H40B2FN3O6. The largest absolute Gasteiger partial charge is 0.488 e. The summed E-state index contributed by atoms with van der Waals surface area (Å²) in [5, 5.41) is 12.5. The van der Waals surface area contributed by atoms with Gasteiger partial charge in [-0.3, -0.25) is 14.5 Å². The fraction of sp³-hybridized carbons (Fsp3) is 0.483. The number of nitrogens with one attached hydrogen (secondary N) is 1. The fourth-order valence-electron chi connectivity index (χ4n) is 5.83. The molecule has 12 heteroatoms. The second-order valence-corrected chi connectivity index (χ2v) is 11.2. The number of amides is 2. The summed E-state index contributed by atoms with van der Waals surface area (Å²) in [6.45, 7) is 7.65. The molecule has 1 heterocycles. The van der Waals surface area contributed by atoms with Gasteiger partial charge in [0.1, 0.15) is 40.2 Å². The lowest BCUT2D eigenvalue weighted by atomic mass is 9.55. The van der Waals surface area contributed by atoms with Crippen molar-refractivity contribution in [3.8, 4) is 5.75 Å². The summed E-state index contributed by atoms with van der Waals surface area (Å²) in [4.78, 5) is 39.5. The first-order valence-corrected chi connectivity index (χ1v) is 13.9. The van der Waals surface area contributed by atoms with Crippen LogP contribution >= 0.6 is 0 Å². The zero-order valence-electron chi connectivity index (χ0n) is 24.8. The molecule has 0 radical (unpaired) electrons. The second-order valence-electron chi connectivity index (χ2n) is 11.2. The molecule has 220 valence electrons. The predicted octanol–water partition coefficient (Wildman–Crippen LogP) is 0.571. The van der Waals surface area contributed by atoms with E-state index in [0.29, 0.717) is 54.8 Å². The Labute approximate surface area is 243 Å². The van der Waals surface area contributed by atoms with Crippen molar-refractivity contribution in [2.45, 2.75) is 70.0 Å². The van der Waals surface area contributed by atoms with Gasteiger partial charge in [0.05, 0.1) is 12.2 Å². The molecule has 3 unspecified atom stereocenters. The Balaban J connectivity index is 1.91. The first-order valence-electron chi connectivity index (χ1n) is 13.9. The Morgan fingerprint density at radius 1 is 1.20 bits per heavy atom. The number of aliphatic hydroxyl groups is 1. The highest BCUT2D eigenvalue weighted by Crippen LogP contribution is 2.37. The van der Waals surface area contributed by atoms with E-state index in [2.05, 4.69) is 10.2 Å². The van der Waals surface area contributed by atoms with Gasteiger partial charge in [-0.05, 0) is 32.4 Å². The van der Waals surface area contributed by atoms with Gasteiger partial charge in [-0.1, -0.05) is 30.3 Å². The van der Waals surface area contributed by atoms with Gasteiger partial charge >= 0.3 is 0 Å². The van der Waals surface area contributed by atoms with E-state index in [9.17, 15) is 19.5 Å². The van der Waals surface area contributed by atoms with Crippen molar-refractivity contribution in [3.63, 3.8) is 0 Å². The van der Waals surface area contributed by atoms with Gasteiger partial charge in [0.25, 0.3) is 5.91 Å². The summed E-state index contributed by atoms with van der Waals surface area (Å²) in [7, 11) is 4.70. The molecule has 41 heavy (non-hydrogen) atoms. The van der Waals surface area contributed by atoms with E-state index < -0.39 is 17.0 Å². The van der Waals surface area contributed by atoms with E-state index in [4.69, 9.17) is 9.47 Å². The van der Waals surface area contributed by atoms with E-state index in [-0.39, 0.29) is 37.5 Å². The molecule has 0 aliphatic carbocycles. The van der Waals surface area contributed by atoms with Crippen molar-refractivity contribution in [1.29, 1.82) is 0 Å². The minimum absolute atomic E-state index is 0.0712. The van der Waals surface area contributed by atoms with Gasteiger partial charge in [0.2, 0.25) is 12.1 Å². The standard InChI is InChI=1S/C29H40B2FN3O6/c1-19-8-5-11-24(25(19)29(30,31)35(18-37)28(39,12-7-13-36)27(38)33-4)40-17-23-10-6-9-22(26(23)32)16-34-14-20(2)41-21(3)15-34/h5-6,8-11,13,18,20-21,39H,7,12,14-17,30-31H2,1-4H3,(H,33,38). The Morgan fingerprint density at radius 3 is 2.44 bits per heavy atom. The van der Waals surface area contributed by atoms with E-state index in [1.807, 2.05) is 26.8 Å². The Bertz CT molecular complexity index is 1240. The normalized spacial score (nSPS) is 19.2. The van der Waals surface area contributed by atoms with Crippen molar-refractivity contribution in [1.82, 2.24) is 15.1 Å². The van der Waals surface area contributed by atoms with Crippen molar-refractivity contribution in [2.24, 2.45) is 0 Å². The smallest absolute Gasteiger partial charge is 0.273 e. The number of carbonyl (C=O) groups excluding carboxylic acids is 3. The number of hydrogen-bond donors (Lipinski definition) is 2. The summed E-state index contributed by atoms with van der Waals surface area (Å²) >= 11 is 0. The van der Waals surface area contributed by atoms with Crippen LogP contribution in [0.25, 0.3) is 0 Å². The summed E-state index contributed by atoms with van der Waals surface area (Å²) in [5.41, 5.74) is -0.0837. The van der Waals surface area contributed by atoms with Crippen LogP contribution in [0.1, 0.15) is 48.9 Å². The van der Waals surface area contributed by atoms with E-state index in [1.54, 1.807) is 46.0 Å². The van der Waals surface area contributed by atoms with E-state index >= 15 is 4.39 Å². The van der Waals surface area contributed by atoms with Crippen molar-refractivity contribution < 1.29 is 33.4 Å². The lowest BCUT2D eigenvalue weighted by Crippen LogP contribution is -2.65. The van der Waals surface area contributed by atoms with Crippen molar-refractivity contribution in [2.75, 3.05) is 20.1 Å². The number of aldehydes is 1. The molecule has 1 aliphatic rings. The Morgan fingerprint density at radius 2 is 1.83 bits per heavy atom. The number of morpholine rings is 1. The van der Waals surface area contributed by atoms with Gasteiger partial charge in [-0.15, -0.1) is 0 Å². The lowest BCUT2D eigenvalue weighted by molar-refractivity contribution is -0.174. The van der Waals surface area contributed by atoms with Crippen LogP contribution in [0, 0.1) is 12.7 Å². The lowest BCUT2D eigenvalue weighted by Gasteiger charge is -2.47. The minimum atomic E-state index is -2.30. The molecule has 1 aliphatic heterocycles. The summed E-state index contributed by atoms with van der Waals surface area (Å²) < 4.78 is 27.6. The van der Waals surface area contributed by atoms with Crippen LogP contribution in [0.3, 0.4) is 0 Å². The number of carbonyl (C=O) groups is 3. The molecule has 0 aromatic heterocycles. The number of rotatable bonds is 13. The van der Waals surface area contributed by atoms with Crippen LogP contribution in [-0.2, 0) is 37.6 Å². The molecule has 2 aromatic carbocycles. The number of nitrogens with zero attached hydrogens (tertiary/aromatic N) is 2. The number of aryl methyl sites for hydroxylation is 1. The molecule has 0 bridgehead atoms. The van der Waals surface area contributed by atoms with Crippen LogP contribution < -0.4 is 10.1 Å². The van der Waals surface area contributed by atoms with Crippen LogP contribution in [-0.4, -0.2) is 87.3 Å². The molecule has 2 amide bonds. The van der Waals surface area contributed by atoms with Crippen LogP contribution in [0.2, 0.25) is 0 Å². The topological polar surface area (TPSA) is 108 Å². The molecule has 2 N–H and O–H groups in total. The number of benzene rings is 2. The molecule has 2 aromatic rings. The SMILES string of the molecule is BC(B)(c1c(C)cccc1OCc1cccc(CN2CC(C)OC(C)C2)c1F)N(C=O)C(O)(CCC=O)C(=O)NC. The monoisotopic (exact) mass is 567 g/mol. The number of ether oxygens (including phenoxy) is 2. The first-order chi connectivity index (χ1) is 19.4. The molecule has 1 saturated heterocycles. The molecule has 0 spiro atoms. The van der Waals surface area contributed by atoms with E-state index in [0.717, 1.165) is 10.5 Å². The third-order valence-electron chi connectivity index (χ3n) is 7.59. The van der Waals surface area contributed by atoms with Gasteiger partial charge in [0, 0.05) is 61.6 Å². The number of likely N-dealkylation sites (N-methyl/N-ethyl adjacent to an activating group) is 1. The van der Waals surface area contributed by atoms with Gasteiger partial charge in [-0.2, -0.15) is 0 Å². The zero-order valence-corrected chi connectivity index (χ0v) is 24.8. The highest BCUT2D eigenvalue weighted by atomic mass is 19.1. The van der Waals surface area contributed by atoms with Gasteiger partial charge in [-0.25, -0.2) is 4.39 Å². The zero-order chi connectivity index (χ0) is 30.4. The molecule has 3 atom stereocenters. The Hall–Kier alpha value is -3.21. The highest BCUT2D eigenvalue weighted by molar-refractivity contribution is 6.40. The molecule has 0 saturated carbocycles. The fourth-order valence-corrected chi connectivity index (χ4v) is 5.83. The molecule has 1 fully saturated rings. The molecular weight excluding hydrogens is 527 g/mol. The summed E-state index contributed by atoms with van der Waals surface area (Å²) in [6, 6.07) is 10.5. The minimum Gasteiger partial charge on any atom is -0.488 e. The van der Waals surface area contributed by atoms with Crippen LogP contribution in [0.4, 0.5) is 4.39 Å². The average Bonchev–Trinajstić information content (AvgIpc) is 2.91. The number of hydrogen-bond acceptors (Lipinski definition) is 7.